The third kappa shape index (κ3) is 4.68. The van der Waals surface area contributed by atoms with Crippen LogP contribution in [-0.4, -0.2) is 28.0 Å². The zero-order chi connectivity index (χ0) is 12.9. The molecule has 3 nitrogen and oxygen atoms in total. The van der Waals surface area contributed by atoms with Crippen LogP contribution in [0.15, 0.2) is 12.4 Å². The molecule has 0 aliphatic heterocycles. The van der Waals surface area contributed by atoms with Gasteiger partial charge in [-0.25, -0.2) is 4.98 Å². The van der Waals surface area contributed by atoms with Crippen LogP contribution in [0.4, 0.5) is 0 Å². The smallest absolute Gasteiger partial charge is 0.109 e. The highest BCUT2D eigenvalue weighted by Gasteiger charge is 2.23. The molecular weight excluding hydrogens is 234 g/mol. The number of alkyl halides is 1. The Morgan fingerprint density at radius 1 is 1.47 bits per heavy atom. The Balaban J connectivity index is 2.40. The van der Waals surface area contributed by atoms with Gasteiger partial charge in [0.05, 0.1) is 0 Å². The summed E-state index contributed by atoms with van der Waals surface area (Å²) in [6.07, 6.45) is 5.79. The molecule has 1 atom stereocenters. The van der Waals surface area contributed by atoms with Gasteiger partial charge in [-0.3, -0.25) is 0 Å². The lowest BCUT2D eigenvalue weighted by Crippen LogP contribution is -2.41. The van der Waals surface area contributed by atoms with Crippen molar-refractivity contribution in [2.45, 2.75) is 39.7 Å². The average Bonchev–Trinajstić information content (AvgIpc) is 2.62. The lowest BCUT2D eigenvalue weighted by Gasteiger charge is -2.31. The zero-order valence-corrected chi connectivity index (χ0v) is 12.1. The average molecular weight is 258 g/mol. The van der Waals surface area contributed by atoms with E-state index in [0.29, 0.717) is 11.9 Å². The van der Waals surface area contributed by atoms with E-state index in [2.05, 4.69) is 35.6 Å². The van der Waals surface area contributed by atoms with Crippen molar-refractivity contribution < 1.29 is 0 Å². The molecule has 0 spiro atoms. The van der Waals surface area contributed by atoms with E-state index in [-0.39, 0.29) is 5.41 Å². The van der Waals surface area contributed by atoms with Crippen molar-refractivity contribution in [3.05, 3.63) is 18.2 Å². The molecule has 1 heterocycles. The molecule has 0 radical (unpaired) electrons. The monoisotopic (exact) mass is 257 g/mol. The number of nitrogens with zero attached hydrogens (tertiary/aromatic N) is 2. The number of imidazole rings is 1. The number of rotatable bonds is 6. The van der Waals surface area contributed by atoms with Crippen LogP contribution in [0.2, 0.25) is 0 Å². The van der Waals surface area contributed by atoms with Crippen molar-refractivity contribution in [2.24, 2.45) is 12.5 Å². The molecule has 0 fully saturated rings. The first-order valence-corrected chi connectivity index (χ1v) is 6.74. The van der Waals surface area contributed by atoms with E-state index >= 15 is 0 Å². The molecule has 0 bridgehead atoms. The number of nitrogens with one attached hydrogen (secondary N) is 1. The molecule has 1 unspecified atom stereocenters. The predicted octanol–water partition coefficient (Wildman–Crippen LogP) is 2.60. The van der Waals surface area contributed by atoms with Gasteiger partial charge in [-0.15, -0.1) is 11.6 Å². The van der Waals surface area contributed by atoms with Crippen molar-refractivity contribution in [2.75, 3.05) is 12.4 Å². The fourth-order valence-electron chi connectivity index (χ4n) is 1.95. The molecular formula is C13H24ClN3. The second-order valence-electron chi connectivity index (χ2n) is 5.55. The van der Waals surface area contributed by atoms with Crippen molar-refractivity contribution >= 4 is 11.6 Å². The molecule has 1 aromatic rings. The number of aryl methyl sites for hydroxylation is 1. The Kier molecular flexibility index (Phi) is 5.47. The summed E-state index contributed by atoms with van der Waals surface area (Å²) in [5.41, 5.74) is 0.247. The first-order valence-electron chi connectivity index (χ1n) is 6.20. The van der Waals surface area contributed by atoms with E-state index in [1.807, 2.05) is 19.4 Å². The van der Waals surface area contributed by atoms with Crippen LogP contribution >= 0.6 is 11.6 Å². The third-order valence-electron chi connectivity index (χ3n) is 3.10. The molecule has 1 aromatic heterocycles. The van der Waals surface area contributed by atoms with Gasteiger partial charge in [0.1, 0.15) is 5.82 Å². The highest BCUT2D eigenvalue weighted by atomic mass is 35.5. The normalized spacial score (nSPS) is 13.9. The van der Waals surface area contributed by atoms with Gasteiger partial charge in [-0.1, -0.05) is 20.8 Å². The second kappa shape index (κ2) is 6.41. The Bertz CT molecular complexity index is 328. The summed E-state index contributed by atoms with van der Waals surface area (Å²) in [5, 5.41) is 3.59. The second-order valence-corrected chi connectivity index (χ2v) is 5.93. The lowest BCUT2D eigenvalue weighted by molar-refractivity contribution is 0.263. The molecule has 0 saturated heterocycles. The molecule has 0 amide bonds. The highest BCUT2D eigenvalue weighted by Crippen LogP contribution is 2.22. The molecule has 98 valence electrons. The summed E-state index contributed by atoms with van der Waals surface area (Å²) in [6, 6.07) is 0.459. The van der Waals surface area contributed by atoms with E-state index in [9.17, 15) is 0 Å². The highest BCUT2D eigenvalue weighted by molar-refractivity contribution is 6.17. The first kappa shape index (κ1) is 14.5. The van der Waals surface area contributed by atoms with Gasteiger partial charge in [0, 0.05) is 44.3 Å². The summed E-state index contributed by atoms with van der Waals surface area (Å²) in [6.45, 7) is 7.69. The third-order valence-corrected chi connectivity index (χ3v) is 3.32. The van der Waals surface area contributed by atoms with E-state index in [1.54, 1.807) is 0 Å². The lowest BCUT2D eigenvalue weighted by atomic mass is 9.85. The maximum atomic E-state index is 5.85. The summed E-state index contributed by atoms with van der Waals surface area (Å²) < 4.78 is 2.06. The molecule has 17 heavy (non-hydrogen) atoms. The van der Waals surface area contributed by atoms with Crippen molar-refractivity contribution in [1.29, 1.82) is 0 Å². The predicted molar refractivity (Wildman–Crippen MR) is 73.5 cm³/mol. The van der Waals surface area contributed by atoms with E-state index in [4.69, 9.17) is 11.6 Å². The van der Waals surface area contributed by atoms with Gasteiger partial charge < -0.3 is 9.88 Å². The topological polar surface area (TPSA) is 29.9 Å². The summed E-state index contributed by atoms with van der Waals surface area (Å²) in [4.78, 5) is 4.32. The van der Waals surface area contributed by atoms with Crippen molar-refractivity contribution in [1.82, 2.24) is 14.9 Å². The Morgan fingerprint density at radius 2 is 2.18 bits per heavy atom. The van der Waals surface area contributed by atoms with Crippen LogP contribution in [0.5, 0.6) is 0 Å². The van der Waals surface area contributed by atoms with Gasteiger partial charge in [0.2, 0.25) is 0 Å². The van der Waals surface area contributed by atoms with Crippen molar-refractivity contribution in [3.8, 4) is 0 Å². The summed E-state index contributed by atoms with van der Waals surface area (Å²) in [5.74, 6) is 1.83. The Labute approximate surface area is 110 Å². The minimum atomic E-state index is 0.247. The molecule has 0 saturated carbocycles. The molecule has 1 rings (SSSR count). The largest absolute Gasteiger partial charge is 0.338 e. The Morgan fingerprint density at radius 3 is 2.65 bits per heavy atom. The molecule has 0 aliphatic rings. The van der Waals surface area contributed by atoms with Gasteiger partial charge in [-0.05, 0) is 11.8 Å². The van der Waals surface area contributed by atoms with Crippen LogP contribution in [0.3, 0.4) is 0 Å². The Hall–Kier alpha value is -0.540. The van der Waals surface area contributed by atoms with E-state index in [1.165, 1.54) is 0 Å². The maximum Gasteiger partial charge on any atom is 0.109 e. The van der Waals surface area contributed by atoms with Crippen LogP contribution in [0.25, 0.3) is 0 Å². The van der Waals surface area contributed by atoms with Gasteiger partial charge >= 0.3 is 0 Å². The van der Waals surface area contributed by atoms with E-state index in [0.717, 1.165) is 25.2 Å². The first-order chi connectivity index (χ1) is 7.95. The fourth-order valence-corrected chi connectivity index (χ4v) is 2.16. The van der Waals surface area contributed by atoms with Gasteiger partial charge in [0.25, 0.3) is 0 Å². The number of halogens is 1. The van der Waals surface area contributed by atoms with Crippen LogP contribution in [0, 0.1) is 5.41 Å². The molecule has 1 N–H and O–H groups in total. The molecule has 0 aliphatic carbocycles. The van der Waals surface area contributed by atoms with Gasteiger partial charge in [0.15, 0.2) is 0 Å². The number of hydrogen-bond donors (Lipinski definition) is 1. The maximum absolute atomic E-state index is 5.85. The van der Waals surface area contributed by atoms with Gasteiger partial charge in [-0.2, -0.15) is 0 Å². The number of aromatic nitrogens is 2. The van der Waals surface area contributed by atoms with Crippen LogP contribution < -0.4 is 5.32 Å². The zero-order valence-electron chi connectivity index (χ0n) is 11.3. The molecule has 4 heteroatoms. The molecule has 0 aromatic carbocycles. The minimum absolute atomic E-state index is 0.247. The van der Waals surface area contributed by atoms with Crippen LogP contribution in [-0.2, 0) is 13.5 Å². The standard InChI is InChI=1S/C13H24ClN3/c1-13(2,3)11(5-7-14)15-8-6-12-16-9-10-17(12)4/h9-11,15H,5-8H2,1-4H3. The fraction of sp³-hybridized carbons (Fsp3) is 0.769. The van der Waals surface area contributed by atoms with E-state index < -0.39 is 0 Å². The summed E-state index contributed by atoms with van der Waals surface area (Å²) >= 11 is 5.85. The SMILES string of the molecule is Cn1ccnc1CCNC(CCCl)C(C)(C)C. The van der Waals surface area contributed by atoms with Crippen LogP contribution in [0.1, 0.15) is 33.0 Å². The number of hydrogen-bond acceptors (Lipinski definition) is 2. The quantitative estimate of drug-likeness (QED) is 0.794. The minimum Gasteiger partial charge on any atom is -0.338 e. The van der Waals surface area contributed by atoms with Crippen molar-refractivity contribution in [3.63, 3.8) is 0 Å². The summed E-state index contributed by atoms with van der Waals surface area (Å²) in [7, 11) is 2.03.